The molecule has 0 aromatic heterocycles. The number of aliphatic hydroxyl groups excluding tert-OH is 1. The van der Waals surface area contributed by atoms with Gasteiger partial charge in [0.2, 0.25) is 5.91 Å². The Kier molecular flexibility index (Phi) is 4.48. The first kappa shape index (κ1) is 13.6. The lowest BCUT2D eigenvalue weighted by Crippen LogP contribution is -2.35. The molecule has 0 unspecified atom stereocenters. The monoisotopic (exact) mass is 214 g/mol. The van der Waals surface area contributed by atoms with Gasteiger partial charge in [0.1, 0.15) is 0 Å². The van der Waals surface area contributed by atoms with Crippen LogP contribution in [0, 0.1) is 5.41 Å². The third-order valence-corrected chi connectivity index (χ3v) is 2.37. The second kappa shape index (κ2) is 4.93. The Labute approximate surface area is 89.3 Å². The van der Waals surface area contributed by atoms with Crippen LogP contribution in [0.3, 0.4) is 0 Å². The average molecular weight is 214 g/mol. The van der Waals surface area contributed by atoms with Crippen LogP contribution in [-0.2, 0) is 9.59 Å². The van der Waals surface area contributed by atoms with E-state index in [9.17, 15) is 14.7 Å². The number of rotatable bonds is 3. The van der Waals surface area contributed by atoms with Crippen LogP contribution in [0.25, 0.3) is 0 Å². The summed E-state index contributed by atoms with van der Waals surface area (Å²) in [6.45, 7) is 6.25. The molecule has 0 spiro atoms. The Morgan fingerprint density at radius 1 is 1.47 bits per heavy atom. The molecular formula is C10H18N2O3. The van der Waals surface area contributed by atoms with E-state index in [-0.39, 0.29) is 5.70 Å². The summed E-state index contributed by atoms with van der Waals surface area (Å²) in [4.78, 5) is 21.7. The largest absolute Gasteiger partial charge is 0.401 e. The van der Waals surface area contributed by atoms with Crippen molar-refractivity contribution in [1.82, 2.24) is 5.32 Å². The van der Waals surface area contributed by atoms with Crippen molar-refractivity contribution in [2.24, 2.45) is 11.1 Å². The fraction of sp³-hybridized carbons (Fsp3) is 0.600. The van der Waals surface area contributed by atoms with Crippen molar-refractivity contribution in [3.8, 4) is 0 Å². The summed E-state index contributed by atoms with van der Waals surface area (Å²) in [6.07, 6.45) is 0.438. The second-order valence-corrected chi connectivity index (χ2v) is 4.04. The molecule has 0 saturated carbocycles. The molecule has 0 fully saturated rings. The van der Waals surface area contributed by atoms with Gasteiger partial charge in [-0.3, -0.25) is 14.9 Å². The number of amides is 2. The summed E-state index contributed by atoms with van der Waals surface area (Å²) in [5.74, 6) is -1.02. The normalized spacial score (nSPS) is 14.6. The van der Waals surface area contributed by atoms with Crippen molar-refractivity contribution < 1.29 is 14.7 Å². The highest BCUT2D eigenvalue weighted by molar-refractivity contribution is 6.00. The highest BCUT2D eigenvalue weighted by Crippen LogP contribution is 2.26. The molecule has 0 aromatic carbocycles. The first-order valence-corrected chi connectivity index (χ1v) is 4.65. The minimum absolute atomic E-state index is 0.233. The van der Waals surface area contributed by atoms with E-state index in [0.29, 0.717) is 0 Å². The molecule has 0 rings (SSSR count). The van der Waals surface area contributed by atoms with Gasteiger partial charge in [-0.15, -0.1) is 0 Å². The lowest BCUT2D eigenvalue weighted by molar-refractivity contribution is -0.126. The zero-order valence-corrected chi connectivity index (χ0v) is 9.50. The third-order valence-electron chi connectivity index (χ3n) is 2.37. The van der Waals surface area contributed by atoms with Crippen LogP contribution in [0.5, 0.6) is 0 Å². The molecule has 0 aliphatic carbocycles. The Balaban J connectivity index is 4.69. The fourth-order valence-corrected chi connectivity index (χ4v) is 0.778. The highest BCUT2D eigenvalue weighted by atomic mass is 16.3. The van der Waals surface area contributed by atoms with Gasteiger partial charge >= 0.3 is 0 Å². The van der Waals surface area contributed by atoms with Crippen LogP contribution < -0.4 is 11.1 Å². The number of carbonyl (C=O) groups is 2. The zero-order valence-electron chi connectivity index (χ0n) is 9.50. The van der Waals surface area contributed by atoms with Gasteiger partial charge in [0.05, 0.1) is 6.10 Å². The van der Waals surface area contributed by atoms with Gasteiger partial charge in [-0.2, -0.15) is 0 Å². The topological polar surface area (TPSA) is 92.4 Å². The molecule has 15 heavy (non-hydrogen) atoms. The lowest BCUT2D eigenvalue weighted by atomic mass is 9.84. The maximum absolute atomic E-state index is 11.2. The van der Waals surface area contributed by atoms with Crippen molar-refractivity contribution in [2.75, 3.05) is 0 Å². The molecule has 5 heteroatoms. The number of aliphatic hydroxyl groups is 1. The maximum atomic E-state index is 11.2. The molecule has 0 heterocycles. The minimum atomic E-state index is -0.700. The van der Waals surface area contributed by atoms with Crippen molar-refractivity contribution in [1.29, 1.82) is 0 Å². The molecule has 0 saturated heterocycles. The van der Waals surface area contributed by atoms with Crippen molar-refractivity contribution >= 4 is 11.8 Å². The van der Waals surface area contributed by atoms with E-state index in [4.69, 9.17) is 5.73 Å². The highest BCUT2D eigenvalue weighted by Gasteiger charge is 2.27. The number of nitrogens with two attached hydrogens (primary N) is 1. The number of imide groups is 1. The van der Waals surface area contributed by atoms with E-state index in [0.717, 1.165) is 6.08 Å². The zero-order chi connectivity index (χ0) is 12.2. The van der Waals surface area contributed by atoms with Gasteiger partial charge in [-0.1, -0.05) is 13.8 Å². The van der Waals surface area contributed by atoms with Crippen LogP contribution in [0.15, 0.2) is 11.8 Å². The molecule has 86 valence electrons. The predicted molar refractivity (Wildman–Crippen MR) is 56.6 cm³/mol. The Bertz CT molecular complexity index is 293. The number of hydrogen-bond donors (Lipinski definition) is 3. The molecule has 0 radical (unpaired) electrons. The van der Waals surface area contributed by atoms with Crippen LogP contribution in [0.4, 0.5) is 0 Å². The first-order chi connectivity index (χ1) is 6.67. The Morgan fingerprint density at radius 3 is 2.27 bits per heavy atom. The van der Waals surface area contributed by atoms with E-state index >= 15 is 0 Å². The van der Waals surface area contributed by atoms with Crippen LogP contribution in [0.1, 0.15) is 27.7 Å². The van der Waals surface area contributed by atoms with Crippen molar-refractivity contribution in [2.45, 2.75) is 33.8 Å². The molecule has 5 nitrogen and oxygen atoms in total. The number of hydrogen-bond acceptors (Lipinski definition) is 4. The molecular weight excluding hydrogens is 196 g/mol. The molecule has 0 bridgehead atoms. The summed E-state index contributed by atoms with van der Waals surface area (Å²) in [6, 6.07) is 0. The molecule has 4 N–H and O–H groups in total. The predicted octanol–water partition coefficient (Wildman–Crippen LogP) is -0.101. The van der Waals surface area contributed by atoms with Crippen molar-refractivity contribution in [3.05, 3.63) is 11.8 Å². The summed E-state index contributed by atoms with van der Waals surface area (Å²) >= 11 is 0. The summed E-state index contributed by atoms with van der Waals surface area (Å²) in [7, 11) is 0. The fourth-order valence-electron chi connectivity index (χ4n) is 0.778. The van der Waals surface area contributed by atoms with Gasteiger partial charge < -0.3 is 10.8 Å². The average Bonchev–Trinajstić information content (AvgIpc) is 2.01. The molecule has 2 amide bonds. The van der Waals surface area contributed by atoms with E-state index < -0.39 is 23.3 Å². The molecule has 1 atom stereocenters. The third kappa shape index (κ3) is 4.12. The van der Waals surface area contributed by atoms with E-state index in [1.807, 2.05) is 0 Å². The van der Waals surface area contributed by atoms with Gasteiger partial charge in [-0.05, 0) is 6.92 Å². The Morgan fingerprint density at radius 2 is 1.93 bits per heavy atom. The smallest absolute Gasteiger partial charge is 0.252 e. The number of carbonyl (C=O) groups excluding carboxylic acids is 2. The van der Waals surface area contributed by atoms with Crippen LogP contribution in [0.2, 0.25) is 0 Å². The SMILES string of the molecule is CC(=O)NC(=O)C=C(N)C(C)(C)[C@H](C)O. The summed E-state index contributed by atoms with van der Waals surface area (Å²) in [5.41, 5.74) is 5.19. The van der Waals surface area contributed by atoms with E-state index in [2.05, 4.69) is 5.32 Å². The van der Waals surface area contributed by atoms with E-state index in [1.54, 1.807) is 20.8 Å². The quantitative estimate of drug-likeness (QED) is 0.572. The second-order valence-electron chi connectivity index (χ2n) is 4.04. The van der Waals surface area contributed by atoms with Gasteiger partial charge in [0, 0.05) is 24.1 Å². The van der Waals surface area contributed by atoms with Gasteiger partial charge in [-0.25, -0.2) is 0 Å². The molecule has 0 aromatic rings. The number of nitrogens with one attached hydrogen (secondary N) is 1. The standard InChI is InChI=1S/C10H18N2O3/c1-6(13)10(3,4)8(11)5-9(15)12-7(2)14/h5-6,13H,11H2,1-4H3,(H,12,14,15)/t6-/m0/s1. The van der Waals surface area contributed by atoms with Crippen LogP contribution in [-0.4, -0.2) is 23.0 Å². The summed E-state index contributed by atoms with van der Waals surface area (Å²) in [5, 5.41) is 11.5. The van der Waals surface area contributed by atoms with E-state index in [1.165, 1.54) is 6.92 Å². The van der Waals surface area contributed by atoms with Gasteiger partial charge in [0.25, 0.3) is 5.91 Å². The molecule has 0 aliphatic rings. The van der Waals surface area contributed by atoms with Crippen LogP contribution >= 0.6 is 0 Å². The molecule has 0 aliphatic heterocycles. The lowest BCUT2D eigenvalue weighted by Gasteiger charge is -2.28. The minimum Gasteiger partial charge on any atom is -0.401 e. The van der Waals surface area contributed by atoms with Crippen molar-refractivity contribution in [3.63, 3.8) is 0 Å². The first-order valence-electron chi connectivity index (χ1n) is 4.65. The summed E-state index contributed by atoms with van der Waals surface area (Å²) < 4.78 is 0. The van der Waals surface area contributed by atoms with Gasteiger partial charge in [0.15, 0.2) is 0 Å². The maximum Gasteiger partial charge on any atom is 0.252 e. The Hall–Kier alpha value is -1.36.